The van der Waals surface area contributed by atoms with Crippen molar-refractivity contribution >= 4 is 16.2 Å². The van der Waals surface area contributed by atoms with Gasteiger partial charge in [-0.15, -0.1) is 0 Å². The van der Waals surface area contributed by atoms with Gasteiger partial charge in [0.1, 0.15) is 5.82 Å². The lowest BCUT2D eigenvalue weighted by Crippen LogP contribution is -2.06. The lowest BCUT2D eigenvalue weighted by molar-refractivity contribution is 0.338. The van der Waals surface area contributed by atoms with Crippen LogP contribution in [0.25, 0.3) is 6.08 Å². The molecule has 0 atom stereocenters. The summed E-state index contributed by atoms with van der Waals surface area (Å²) in [5, 5.41) is 0. The molecule has 0 fully saturated rings. The van der Waals surface area contributed by atoms with Crippen LogP contribution in [0.3, 0.4) is 0 Å². The zero-order valence-electron chi connectivity index (χ0n) is 8.23. The molecule has 0 saturated carbocycles. The quantitative estimate of drug-likeness (QED) is 0.745. The summed E-state index contributed by atoms with van der Waals surface area (Å²) in [6, 6.07) is 3.54. The highest BCUT2D eigenvalue weighted by Gasteiger charge is 2.15. The van der Waals surface area contributed by atoms with Gasteiger partial charge in [0.15, 0.2) is 0 Å². The van der Waals surface area contributed by atoms with E-state index in [1.807, 2.05) is 0 Å². The van der Waals surface area contributed by atoms with E-state index in [1.165, 1.54) is 18.2 Å². The van der Waals surface area contributed by atoms with Gasteiger partial charge >= 0.3 is 0 Å². The zero-order valence-corrected chi connectivity index (χ0v) is 9.05. The van der Waals surface area contributed by atoms with Crippen molar-refractivity contribution in [1.29, 1.82) is 0 Å². The minimum Gasteiger partial charge on any atom is -0.267 e. The molecule has 0 aliphatic rings. The number of hydrogen-bond acceptors (Lipinski definition) is 3. The van der Waals surface area contributed by atoms with Gasteiger partial charge in [-0.2, -0.15) is 8.42 Å². The molecule has 5 heteroatoms. The third-order valence-electron chi connectivity index (χ3n) is 1.75. The number of halogens is 1. The Morgan fingerprint density at radius 1 is 1.53 bits per heavy atom. The van der Waals surface area contributed by atoms with E-state index in [-0.39, 0.29) is 17.1 Å². The molecule has 0 aromatic heterocycles. The lowest BCUT2D eigenvalue weighted by atomic mass is 10.2. The van der Waals surface area contributed by atoms with E-state index in [2.05, 4.69) is 10.8 Å². The summed E-state index contributed by atoms with van der Waals surface area (Å²) in [6.07, 6.45) is 1.31. The highest BCUT2D eigenvalue weighted by atomic mass is 32.2. The maximum Gasteiger partial charge on any atom is 0.297 e. The fraction of sp³-hybridized carbons (Fsp3) is 0.200. The smallest absolute Gasteiger partial charge is 0.267 e. The van der Waals surface area contributed by atoms with Crippen LogP contribution in [-0.2, 0) is 14.3 Å². The third-order valence-corrected chi connectivity index (χ3v) is 3.13. The minimum absolute atomic E-state index is 0.0210. The Kier molecular flexibility index (Phi) is 3.60. The topological polar surface area (TPSA) is 43.4 Å². The normalized spacial score (nSPS) is 11.3. The summed E-state index contributed by atoms with van der Waals surface area (Å²) in [5.74, 6) is -0.634. The number of rotatable bonds is 4. The van der Waals surface area contributed by atoms with Gasteiger partial charge in [0, 0.05) is 5.56 Å². The van der Waals surface area contributed by atoms with E-state index in [0.29, 0.717) is 0 Å². The first-order valence-electron chi connectivity index (χ1n) is 4.32. The van der Waals surface area contributed by atoms with Crippen LogP contribution < -0.4 is 0 Å². The van der Waals surface area contributed by atoms with Crippen molar-refractivity contribution in [1.82, 2.24) is 0 Å². The molecular weight excluding hydrogens is 219 g/mol. The standard InChI is InChI=1S/C10H11FO3S/c1-3-8-5-6-9(7-10(8)11)15(12,13)14-4-2/h3,5-7H,1,4H2,2H3. The van der Waals surface area contributed by atoms with Crippen LogP contribution in [0, 0.1) is 5.82 Å². The van der Waals surface area contributed by atoms with Crippen LogP contribution in [0.1, 0.15) is 12.5 Å². The van der Waals surface area contributed by atoms with E-state index >= 15 is 0 Å². The van der Waals surface area contributed by atoms with Crippen LogP contribution in [-0.4, -0.2) is 15.0 Å². The fourth-order valence-electron chi connectivity index (χ4n) is 1.05. The van der Waals surface area contributed by atoms with Gasteiger partial charge in [-0.1, -0.05) is 18.7 Å². The van der Waals surface area contributed by atoms with Crippen molar-refractivity contribution < 1.29 is 17.0 Å². The Morgan fingerprint density at radius 2 is 2.20 bits per heavy atom. The molecule has 0 aliphatic heterocycles. The summed E-state index contributed by atoms with van der Waals surface area (Å²) in [6.45, 7) is 4.97. The average Bonchev–Trinajstić information content (AvgIpc) is 2.17. The largest absolute Gasteiger partial charge is 0.297 e. The van der Waals surface area contributed by atoms with E-state index in [0.717, 1.165) is 6.07 Å². The van der Waals surface area contributed by atoms with E-state index in [1.54, 1.807) is 6.92 Å². The molecule has 1 aromatic rings. The molecule has 0 saturated heterocycles. The highest BCUT2D eigenvalue weighted by Crippen LogP contribution is 2.17. The molecule has 15 heavy (non-hydrogen) atoms. The van der Waals surface area contributed by atoms with Crippen molar-refractivity contribution in [3.05, 3.63) is 36.2 Å². The summed E-state index contributed by atoms with van der Waals surface area (Å²) < 4.78 is 40.5. The third kappa shape index (κ3) is 2.64. The van der Waals surface area contributed by atoms with Crippen LogP contribution in [0.2, 0.25) is 0 Å². The predicted octanol–water partition coefficient (Wildman–Crippen LogP) is 2.19. The minimum atomic E-state index is -3.83. The van der Waals surface area contributed by atoms with Crippen molar-refractivity contribution in [2.45, 2.75) is 11.8 Å². The molecule has 3 nitrogen and oxygen atoms in total. The molecule has 0 bridgehead atoms. The summed E-state index contributed by atoms with van der Waals surface area (Å²) in [5.41, 5.74) is 0.255. The van der Waals surface area contributed by atoms with Gasteiger partial charge in [-0.05, 0) is 19.1 Å². The molecule has 1 aromatic carbocycles. The summed E-state index contributed by atoms with van der Waals surface area (Å²) in [4.78, 5) is -0.188. The van der Waals surface area contributed by atoms with Crippen molar-refractivity contribution in [3.63, 3.8) is 0 Å². The molecule has 1 rings (SSSR count). The van der Waals surface area contributed by atoms with Gasteiger partial charge in [-0.3, -0.25) is 4.18 Å². The molecule has 0 aliphatic carbocycles. The molecule has 0 heterocycles. The van der Waals surface area contributed by atoms with Crippen molar-refractivity contribution in [3.8, 4) is 0 Å². The second-order valence-electron chi connectivity index (χ2n) is 2.75. The molecule has 82 valence electrons. The SMILES string of the molecule is C=Cc1ccc(S(=O)(=O)OCC)cc1F. The predicted molar refractivity (Wildman–Crippen MR) is 55.3 cm³/mol. The van der Waals surface area contributed by atoms with Crippen LogP contribution in [0.15, 0.2) is 29.7 Å². The fourth-order valence-corrected chi connectivity index (χ4v) is 1.98. The van der Waals surface area contributed by atoms with Gasteiger partial charge < -0.3 is 0 Å². The second kappa shape index (κ2) is 4.55. The maximum absolute atomic E-state index is 13.2. The van der Waals surface area contributed by atoms with E-state index < -0.39 is 15.9 Å². The highest BCUT2D eigenvalue weighted by molar-refractivity contribution is 7.86. The first kappa shape index (κ1) is 11.9. The Balaban J connectivity index is 3.18. The Morgan fingerprint density at radius 3 is 2.67 bits per heavy atom. The molecule has 0 N–H and O–H groups in total. The first-order valence-corrected chi connectivity index (χ1v) is 5.73. The van der Waals surface area contributed by atoms with E-state index in [4.69, 9.17) is 0 Å². The van der Waals surface area contributed by atoms with Gasteiger partial charge in [0.05, 0.1) is 11.5 Å². The number of hydrogen-bond donors (Lipinski definition) is 0. The molecule has 0 spiro atoms. The van der Waals surface area contributed by atoms with Crippen molar-refractivity contribution in [2.75, 3.05) is 6.61 Å². The van der Waals surface area contributed by atoms with Gasteiger partial charge in [-0.25, -0.2) is 4.39 Å². The average molecular weight is 230 g/mol. The van der Waals surface area contributed by atoms with Crippen LogP contribution >= 0.6 is 0 Å². The second-order valence-corrected chi connectivity index (χ2v) is 4.36. The monoisotopic (exact) mass is 230 g/mol. The number of benzene rings is 1. The molecule has 0 unspecified atom stereocenters. The van der Waals surface area contributed by atoms with Gasteiger partial charge in [0.2, 0.25) is 0 Å². The summed E-state index contributed by atoms with van der Waals surface area (Å²) in [7, 11) is -3.83. The maximum atomic E-state index is 13.2. The zero-order chi connectivity index (χ0) is 11.5. The molecule has 0 radical (unpaired) electrons. The van der Waals surface area contributed by atoms with Gasteiger partial charge in [0.25, 0.3) is 10.1 Å². The molecular formula is C10H11FO3S. The van der Waals surface area contributed by atoms with E-state index in [9.17, 15) is 12.8 Å². The molecule has 0 amide bonds. The van der Waals surface area contributed by atoms with Crippen molar-refractivity contribution in [2.24, 2.45) is 0 Å². The van der Waals surface area contributed by atoms with Crippen LogP contribution in [0.5, 0.6) is 0 Å². The Hall–Kier alpha value is -1.20. The van der Waals surface area contributed by atoms with Crippen LogP contribution in [0.4, 0.5) is 4.39 Å². The first-order chi connectivity index (χ1) is 7.01. The Labute approximate surface area is 88.3 Å². The summed E-state index contributed by atoms with van der Waals surface area (Å²) >= 11 is 0. The lowest BCUT2D eigenvalue weighted by Gasteiger charge is -2.04. The Bertz CT molecular complexity index is 466.